The molecule has 0 saturated carbocycles. The molecule has 1 atom stereocenters. The molecule has 2 aromatic heterocycles. The predicted octanol–water partition coefficient (Wildman–Crippen LogP) is 3.71. The maximum atomic E-state index is 12.2. The van der Waals surface area contributed by atoms with Gasteiger partial charge >= 0.3 is 0 Å². The van der Waals surface area contributed by atoms with Crippen molar-refractivity contribution < 1.29 is 4.21 Å². The number of hydrogen-bond acceptors (Lipinski definition) is 4. The molecule has 0 aromatic carbocycles. The van der Waals surface area contributed by atoms with Crippen LogP contribution in [0.2, 0.25) is 5.15 Å². The van der Waals surface area contributed by atoms with Gasteiger partial charge in [0.1, 0.15) is 10.2 Å². The summed E-state index contributed by atoms with van der Waals surface area (Å²) in [6, 6.07) is 1.68. The molecule has 4 nitrogen and oxygen atoms in total. The molecule has 0 radical (unpaired) electrons. The first kappa shape index (κ1) is 13.9. The van der Waals surface area contributed by atoms with Gasteiger partial charge in [-0.3, -0.25) is 4.72 Å². The minimum absolute atomic E-state index is 0.225. The van der Waals surface area contributed by atoms with Crippen LogP contribution in [0.4, 0.5) is 5.00 Å². The van der Waals surface area contributed by atoms with Crippen LogP contribution < -0.4 is 4.72 Å². The summed E-state index contributed by atoms with van der Waals surface area (Å²) in [6.45, 7) is 3.77. The third-order valence-electron chi connectivity index (χ3n) is 2.06. The molecule has 0 aliphatic heterocycles. The maximum absolute atomic E-state index is 12.2. The van der Waals surface area contributed by atoms with Crippen molar-refractivity contribution in [3.05, 3.63) is 32.6 Å². The lowest BCUT2D eigenvalue weighted by Gasteiger charge is -2.06. The zero-order valence-electron chi connectivity index (χ0n) is 9.53. The Balaban J connectivity index is 2.27. The van der Waals surface area contributed by atoms with Gasteiger partial charge in [0.25, 0.3) is 0 Å². The van der Waals surface area contributed by atoms with Crippen molar-refractivity contribution in [1.82, 2.24) is 9.97 Å². The topological polar surface area (TPSA) is 54.9 Å². The molecule has 0 saturated heterocycles. The van der Waals surface area contributed by atoms with Gasteiger partial charge in [0.15, 0.2) is 11.0 Å². The SMILES string of the molecule is Cc1nc(C)c(NS(=O)c2cc(Br)cnc2Cl)s1. The van der Waals surface area contributed by atoms with Crippen molar-refractivity contribution in [2.75, 3.05) is 4.72 Å². The van der Waals surface area contributed by atoms with Crippen LogP contribution in [0.25, 0.3) is 0 Å². The zero-order chi connectivity index (χ0) is 13.3. The molecule has 2 aromatic rings. The molecule has 8 heteroatoms. The summed E-state index contributed by atoms with van der Waals surface area (Å²) in [5, 5.41) is 1.93. The van der Waals surface area contributed by atoms with E-state index >= 15 is 0 Å². The summed E-state index contributed by atoms with van der Waals surface area (Å²) < 4.78 is 15.8. The Morgan fingerprint density at radius 3 is 2.83 bits per heavy atom. The van der Waals surface area contributed by atoms with E-state index in [2.05, 4.69) is 30.6 Å². The van der Waals surface area contributed by atoms with Crippen LogP contribution in [0.15, 0.2) is 21.6 Å². The molecule has 96 valence electrons. The van der Waals surface area contributed by atoms with Gasteiger partial charge in [0, 0.05) is 10.7 Å². The van der Waals surface area contributed by atoms with Crippen molar-refractivity contribution in [1.29, 1.82) is 0 Å². The van der Waals surface area contributed by atoms with Crippen molar-refractivity contribution >= 4 is 54.9 Å². The van der Waals surface area contributed by atoms with E-state index in [4.69, 9.17) is 11.6 Å². The summed E-state index contributed by atoms with van der Waals surface area (Å²) >= 11 is 10.7. The Hall–Kier alpha value is -0.500. The molecule has 0 aliphatic carbocycles. The molecule has 18 heavy (non-hydrogen) atoms. The highest BCUT2D eigenvalue weighted by Gasteiger charge is 2.13. The highest BCUT2D eigenvalue weighted by molar-refractivity contribution is 9.10. The molecule has 1 N–H and O–H groups in total. The molecule has 0 fully saturated rings. The fourth-order valence-electron chi connectivity index (χ4n) is 1.30. The lowest BCUT2D eigenvalue weighted by atomic mass is 10.5. The number of pyridine rings is 1. The monoisotopic (exact) mass is 365 g/mol. The summed E-state index contributed by atoms with van der Waals surface area (Å²) in [4.78, 5) is 8.64. The van der Waals surface area contributed by atoms with Gasteiger partial charge in [-0.05, 0) is 35.8 Å². The second-order valence-corrected chi connectivity index (χ2v) is 7.12. The average molecular weight is 367 g/mol. The van der Waals surface area contributed by atoms with Crippen LogP contribution in [-0.4, -0.2) is 14.2 Å². The molecule has 0 bridgehead atoms. The van der Waals surface area contributed by atoms with Crippen LogP contribution in [0.1, 0.15) is 10.7 Å². The first-order valence-electron chi connectivity index (χ1n) is 4.91. The Morgan fingerprint density at radius 2 is 2.22 bits per heavy atom. The van der Waals surface area contributed by atoms with Crippen LogP contribution in [0.5, 0.6) is 0 Å². The maximum Gasteiger partial charge on any atom is 0.154 e. The number of anilines is 1. The number of rotatable bonds is 3. The lowest BCUT2D eigenvalue weighted by Crippen LogP contribution is -2.05. The van der Waals surface area contributed by atoms with Gasteiger partial charge in [0.05, 0.1) is 15.6 Å². The van der Waals surface area contributed by atoms with Crippen molar-refractivity contribution in [2.24, 2.45) is 0 Å². The molecule has 2 heterocycles. The number of nitrogens with one attached hydrogen (secondary N) is 1. The first-order chi connectivity index (χ1) is 8.47. The predicted molar refractivity (Wildman–Crippen MR) is 78.6 cm³/mol. The second-order valence-electron chi connectivity index (χ2n) is 3.46. The smallest absolute Gasteiger partial charge is 0.154 e. The van der Waals surface area contributed by atoms with Gasteiger partial charge < -0.3 is 0 Å². The van der Waals surface area contributed by atoms with Gasteiger partial charge in [-0.2, -0.15) is 0 Å². The van der Waals surface area contributed by atoms with E-state index in [0.717, 1.165) is 20.2 Å². The molecule has 0 aliphatic rings. The van der Waals surface area contributed by atoms with Gasteiger partial charge in [-0.15, -0.1) is 11.3 Å². The molecule has 2 rings (SSSR count). The summed E-state index contributed by atoms with van der Waals surface area (Å²) in [5.41, 5.74) is 0.824. The number of aryl methyl sites for hydroxylation is 2. The fraction of sp³-hybridized carbons (Fsp3) is 0.200. The largest absolute Gasteiger partial charge is 0.291 e. The van der Waals surface area contributed by atoms with E-state index in [9.17, 15) is 4.21 Å². The standard InChI is InChI=1S/C10H9BrClN3OS2/c1-5-10(17-6(2)14-5)15-18(16)8-3-7(11)4-13-9(8)12/h3-4,15H,1-2H3. The van der Waals surface area contributed by atoms with Crippen LogP contribution in [0, 0.1) is 13.8 Å². The Labute approximate surface area is 125 Å². The molecule has 1 unspecified atom stereocenters. The Morgan fingerprint density at radius 1 is 1.50 bits per heavy atom. The summed E-state index contributed by atoms with van der Waals surface area (Å²) in [7, 11) is -1.46. The van der Waals surface area contributed by atoms with Gasteiger partial charge in [0.2, 0.25) is 0 Å². The summed E-state index contributed by atoms with van der Waals surface area (Å²) in [5.74, 6) is 0. The molecular formula is C10H9BrClN3OS2. The third kappa shape index (κ3) is 3.09. The molecule has 0 amide bonds. The molecular weight excluding hydrogens is 358 g/mol. The average Bonchev–Trinajstić information content (AvgIpc) is 2.61. The number of thiazole rings is 1. The molecule has 0 spiro atoms. The van der Waals surface area contributed by atoms with Crippen molar-refractivity contribution in [2.45, 2.75) is 18.7 Å². The van der Waals surface area contributed by atoms with E-state index in [0.29, 0.717) is 4.90 Å². The van der Waals surface area contributed by atoms with Gasteiger partial charge in [-0.25, -0.2) is 14.2 Å². The number of hydrogen-bond donors (Lipinski definition) is 1. The van der Waals surface area contributed by atoms with Gasteiger partial charge in [-0.1, -0.05) is 11.6 Å². The highest BCUT2D eigenvalue weighted by atomic mass is 79.9. The Kier molecular flexibility index (Phi) is 4.37. The van der Waals surface area contributed by atoms with E-state index < -0.39 is 11.0 Å². The first-order valence-corrected chi connectivity index (χ1v) is 8.04. The fourth-order valence-corrected chi connectivity index (χ4v) is 4.03. The van der Waals surface area contributed by atoms with E-state index in [1.165, 1.54) is 11.3 Å². The zero-order valence-corrected chi connectivity index (χ0v) is 13.5. The minimum atomic E-state index is -1.46. The third-order valence-corrected chi connectivity index (χ3v) is 5.13. The highest BCUT2D eigenvalue weighted by Crippen LogP contribution is 2.27. The van der Waals surface area contributed by atoms with E-state index in [-0.39, 0.29) is 5.15 Å². The summed E-state index contributed by atoms with van der Waals surface area (Å²) in [6.07, 6.45) is 1.56. The van der Waals surface area contributed by atoms with Crippen LogP contribution in [-0.2, 0) is 11.0 Å². The number of halogens is 2. The Bertz CT molecular complexity index is 617. The van der Waals surface area contributed by atoms with Crippen LogP contribution in [0.3, 0.4) is 0 Å². The van der Waals surface area contributed by atoms with E-state index in [1.807, 2.05) is 13.8 Å². The second kappa shape index (κ2) is 5.64. The normalized spacial score (nSPS) is 12.4. The number of aromatic nitrogens is 2. The van der Waals surface area contributed by atoms with Crippen molar-refractivity contribution in [3.8, 4) is 0 Å². The quantitative estimate of drug-likeness (QED) is 0.843. The number of nitrogens with zero attached hydrogens (tertiary/aromatic N) is 2. The van der Waals surface area contributed by atoms with Crippen molar-refractivity contribution in [3.63, 3.8) is 0 Å². The van der Waals surface area contributed by atoms with E-state index in [1.54, 1.807) is 12.3 Å². The minimum Gasteiger partial charge on any atom is -0.291 e. The lowest BCUT2D eigenvalue weighted by molar-refractivity contribution is 0.686. The van der Waals surface area contributed by atoms with Crippen LogP contribution >= 0.6 is 38.9 Å².